The van der Waals surface area contributed by atoms with Gasteiger partial charge in [0.25, 0.3) is 0 Å². The highest BCUT2D eigenvalue weighted by Gasteiger charge is 2.21. The fourth-order valence-electron chi connectivity index (χ4n) is 3.44. The van der Waals surface area contributed by atoms with Crippen LogP contribution < -0.4 is 5.32 Å². The van der Waals surface area contributed by atoms with E-state index < -0.39 is 0 Å². The summed E-state index contributed by atoms with van der Waals surface area (Å²) in [5, 5.41) is 3.17. The smallest absolute Gasteiger partial charge is 0.318 e. The summed E-state index contributed by atoms with van der Waals surface area (Å²) in [5.74, 6) is 0.543. The van der Waals surface area contributed by atoms with Gasteiger partial charge in [-0.05, 0) is 44.8 Å². The van der Waals surface area contributed by atoms with Gasteiger partial charge in [-0.25, -0.2) is 9.78 Å². The fraction of sp³-hybridized carbons (Fsp3) is 0.500. The lowest BCUT2D eigenvalue weighted by molar-refractivity contribution is 0.179. The second-order valence-electron chi connectivity index (χ2n) is 7.16. The number of likely N-dealkylation sites (tertiary alicyclic amines) is 1. The Morgan fingerprint density at radius 3 is 2.85 bits per heavy atom. The number of nitrogens with one attached hydrogen (secondary N) is 1. The second-order valence-corrected chi connectivity index (χ2v) is 8.10. The number of carbonyl (C=O) groups is 1. The highest BCUT2D eigenvalue weighted by Crippen LogP contribution is 2.18. The number of nitrogens with zero attached hydrogens (tertiary/aromatic N) is 3. The number of amides is 2. The van der Waals surface area contributed by atoms with Gasteiger partial charge in [0.1, 0.15) is 0 Å². The van der Waals surface area contributed by atoms with Crippen molar-refractivity contribution < 1.29 is 4.79 Å². The summed E-state index contributed by atoms with van der Waals surface area (Å²) < 4.78 is 0. The lowest BCUT2D eigenvalue weighted by Crippen LogP contribution is -2.44. The van der Waals surface area contributed by atoms with Gasteiger partial charge in [-0.2, -0.15) is 0 Å². The van der Waals surface area contributed by atoms with Gasteiger partial charge < -0.3 is 15.1 Å². The number of carbonyl (C=O) groups excluding carboxylic acids is 1. The zero-order valence-electron chi connectivity index (χ0n) is 15.6. The molecule has 0 unspecified atom stereocenters. The molecule has 26 heavy (non-hydrogen) atoms. The topological polar surface area (TPSA) is 48.5 Å². The van der Waals surface area contributed by atoms with Gasteiger partial charge in [-0.1, -0.05) is 30.3 Å². The second kappa shape index (κ2) is 9.14. The lowest BCUT2D eigenvalue weighted by atomic mass is 9.99. The van der Waals surface area contributed by atoms with E-state index in [4.69, 9.17) is 0 Å². The van der Waals surface area contributed by atoms with Crippen molar-refractivity contribution in [3.05, 3.63) is 52.0 Å². The average molecular weight is 373 g/mol. The van der Waals surface area contributed by atoms with E-state index in [1.165, 1.54) is 12.8 Å². The van der Waals surface area contributed by atoms with Gasteiger partial charge in [0.15, 0.2) is 0 Å². The highest BCUT2D eigenvalue weighted by molar-refractivity contribution is 7.09. The quantitative estimate of drug-likeness (QED) is 0.844. The minimum Gasteiger partial charge on any atom is -0.338 e. The monoisotopic (exact) mass is 372 g/mol. The molecule has 0 aliphatic carbocycles. The van der Waals surface area contributed by atoms with Crippen LogP contribution in [0, 0.1) is 12.8 Å². The standard InChI is InChI=1S/C20H28N4OS/c1-16-19(26-15-22-16)14-24(13-17-7-4-3-5-8-17)20(25)21-11-18-9-6-10-23(2)12-18/h3-5,7-8,15,18H,6,9-14H2,1-2H3,(H,21,25)/t18-/m0/s1. The molecule has 3 rings (SSSR count). The van der Waals surface area contributed by atoms with Crippen molar-refractivity contribution in [2.75, 3.05) is 26.7 Å². The number of piperidine rings is 1. The Hall–Kier alpha value is -1.92. The molecule has 0 spiro atoms. The van der Waals surface area contributed by atoms with Gasteiger partial charge >= 0.3 is 6.03 Å². The molecule has 140 valence electrons. The summed E-state index contributed by atoms with van der Waals surface area (Å²) in [5.41, 5.74) is 4.00. The minimum absolute atomic E-state index is 0.00915. The van der Waals surface area contributed by atoms with Crippen LogP contribution in [0.25, 0.3) is 0 Å². The Morgan fingerprint density at radius 2 is 2.15 bits per heavy atom. The molecule has 0 saturated carbocycles. The summed E-state index contributed by atoms with van der Waals surface area (Å²) in [6.07, 6.45) is 2.40. The number of aromatic nitrogens is 1. The molecule has 0 bridgehead atoms. The predicted molar refractivity (Wildman–Crippen MR) is 106 cm³/mol. The van der Waals surface area contributed by atoms with Crippen LogP contribution in [-0.4, -0.2) is 47.5 Å². The van der Waals surface area contributed by atoms with Crippen LogP contribution in [0.1, 0.15) is 29.0 Å². The number of rotatable bonds is 6. The predicted octanol–water partition coefficient (Wildman–Crippen LogP) is 3.51. The van der Waals surface area contributed by atoms with Gasteiger partial charge in [-0.15, -0.1) is 11.3 Å². The van der Waals surface area contributed by atoms with E-state index in [-0.39, 0.29) is 6.03 Å². The number of benzene rings is 1. The van der Waals surface area contributed by atoms with Crippen molar-refractivity contribution in [1.82, 2.24) is 20.1 Å². The summed E-state index contributed by atoms with van der Waals surface area (Å²) in [7, 11) is 2.16. The zero-order chi connectivity index (χ0) is 18.4. The van der Waals surface area contributed by atoms with Crippen LogP contribution in [0.15, 0.2) is 35.8 Å². The van der Waals surface area contributed by atoms with Crippen molar-refractivity contribution in [3.63, 3.8) is 0 Å². The number of urea groups is 1. The number of hydrogen-bond donors (Lipinski definition) is 1. The van der Waals surface area contributed by atoms with Crippen LogP contribution >= 0.6 is 11.3 Å². The van der Waals surface area contributed by atoms with E-state index in [1.807, 2.05) is 35.5 Å². The average Bonchev–Trinajstić information content (AvgIpc) is 3.05. The maximum absolute atomic E-state index is 12.9. The van der Waals surface area contributed by atoms with E-state index >= 15 is 0 Å². The first-order chi connectivity index (χ1) is 12.6. The molecule has 1 saturated heterocycles. The molecule has 2 aromatic rings. The molecule has 2 amide bonds. The molecule has 2 heterocycles. The first-order valence-electron chi connectivity index (χ1n) is 9.26. The summed E-state index contributed by atoms with van der Waals surface area (Å²) in [4.78, 5) is 22.6. The summed E-state index contributed by atoms with van der Waals surface area (Å²) in [6.45, 7) is 6.18. The molecular weight excluding hydrogens is 344 g/mol. The number of aryl methyl sites for hydroxylation is 1. The molecule has 1 aromatic carbocycles. The van der Waals surface area contributed by atoms with Gasteiger partial charge in [0, 0.05) is 24.5 Å². The normalized spacial score (nSPS) is 17.8. The lowest BCUT2D eigenvalue weighted by Gasteiger charge is -2.30. The first-order valence-corrected chi connectivity index (χ1v) is 10.1. The van der Waals surface area contributed by atoms with E-state index in [2.05, 4.69) is 34.4 Å². The van der Waals surface area contributed by atoms with E-state index in [0.717, 1.165) is 35.8 Å². The number of thiazole rings is 1. The first kappa shape index (κ1) is 18.9. The molecular formula is C20H28N4OS. The minimum atomic E-state index is 0.00915. The maximum Gasteiger partial charge on any atom is 0.318 e. The third-order valence-corrected chi connectivity index (χ3v) is 5.87. The molecule has 0 radical (unpaired) electrons. The summed E-state index contributed by atoms with van der Waals surface area (Å²) in [6, 6.07) is 10.2. The number of hydrogen-bond acceptors (Lipinski definition) is 4. The summed E-state index contributed by atoms with van der Waals surface area (Å²) >= 11 is 1.61. The van der Waals surface area contributed by atoms with Crippen molar-refractivity contribution in [2.45, 2.75) is 32.9 Å². The Bertz CT molecular complexity index is 703. The van der Waals surface area contributed by atoms with E-state index in [0.29, 0.717) is 19.0 Å². The van der Waals surface area contributed by atoms with Crippen molar-refractivity contribution >= 4 is 17.4 Å². The third-order valence-electron chi connectivity index (χ3n) is 4.95. The van der Waals surface area contributed by atoms with Gasteiger partial charge in [-0.3, -0.25) is 0 Å². The van der Waals surface area contributed by atoms with Crippen LogP contribution in [0.5, 0.6) is 0 Å². The molecule has 5 nitrogen and oxygen atoms in total. The largest absolute Gasteiger partial charge is 0.338 e. The van der Waals surface area contributed by atoms with Gasteiger partial charge in [0.05, 0.1) is 17.7 Å². The van der Waals surface area contributed by atoms with Crippen LogP contribution in [0.3, 0.4) is 0 Å². The van der Waals surface area contributed by atoms with E-state index in [1.54, 1.807) is 11.3 Å². The Balaban J connectivity index is 1.63. The van der Waals surface area contributed by atoms with E-state index in [9.17, 15) is 4.79 Å². The molecule has 1 aliphatic heterocycles. The van der Waals surface area contributed by atoms with Gasteiger partial charge in [0.2, 0.25) is 0 Å². The maximum atomic E-state index is 12.9. The Labute approximate surface area is 160 Å². The fourth-order valence-corrected chi connectivity index (χ4v) is 4.23. The van der Waals surface area contributed by atoms with Crippen LogP contribution in [-0.2, 0) is 13.1 Å². The Kier molecular flexibility index (Phi) is 6.63. The van der Waals surface area contributed by atoms with Crippen molar-refractivity contribution in [2.24, 2.45) is 5.92 Å². The molecule has 1 aromatic heterocycles. The SMILES string of the molecule is Cc1ncsc1CN(Cc1ccccc1)C(=O)NC[C@@H]1CCCN(C)C1. The zero-order valence-corrected chi connectivity index (χ0v) is 16.5. The Morgan fingerprint density at radius 1 is 1.35 bits per heavy atom. The molecule has 1 N–H and O–H groups in total. The van der Waals surface area contributed by atoms with Crippen LogP contribution in [0.2, 0.25) is 0 Å². The molecule has 6 heteroatoms. The molecule has 1 atom stereocenters. The van der Waals surface area contributed by atoms with Crippen molar-refractivity contribution in [1.29, 1.82) is 0 Å². The third kappa shape index (κ3) is 5.29. The molecule has 1 aliphatic rings. The highest BCUT2D eigenvalue weighted by atomic mass is 32.1. The van der Waals surface area contributed by atoms with Crippen molar-refractivity contribution in [3.8, 4) is 0 Å². The van der Waals surface area contributed by atoms with Crippen LogP contribution in [0.4, 0.5) is 4.79 Å². The molecule has 1 fully saturated rings.